The first-order chi connectivity index (χ1) is 11.8. The van der Waals surface area contributed by atoms with Crippen LogP contribution >= 0.6 is 0 Å². The van der Waals surface area contributed by atoms with E-state index in [-0.39, 0.29) is 12.8 Å². The number of aryl methyl sites for hydroxylation is 1. The third kappa shape index (κ3) is 3.32. The van der Waals surface area contributed by atoms with Gasteiger partial charge in [0, 0.05) is 36.9 Å². The molecule has 134 valence electrons. The molecule has 0 unspecified atom stereocenters. The van der Waals surface area contributed by atoms with Crippen LogP contribution in [0.4, 0.5) is 5.69 Å². The van der Waals surface area contributed by atoms with Crippen molar-refractivity contribution in [1.29, 1.82) is 0 Å². The molecule has 0 aliphatic carbocycles. The summed E-state index contributed by atoms with van der Waals surface area (Å²) in [6.07, 6.45) is 5.23. The second-order valence-electron chi connectivity index (χ2n) is 6.41. The normalized spacial score (nSPS) is 17.2. The van der Waals surface area contributed by atoms with Gasteiger partial charge in [0.05, 0.1) is 0 Å². The number of benzene rings is 1. The second kappa shape index (κ2) is 6.61. The standard InChI is InChI=1S/C17H22N4O3S/c1-21-11-10-19-15(21)13-4-3-5-14(12-13)20-16(22)17(25(2,23)24)6-8-18-9-7-17/h3-5,10-12,18H,6-9H2,1-2H3,(H,20,22). The summed E-state index contributed by atoms with van der Waals surface area (Å²) in [7, 11) is -1.65. The third-order valence-electron chi connectivity index (χ3n) is 4.73. The minimum Gasteiger partial charge on any atom is -0.334 e. The van der Waals surface area contributed by atoms with E-state index in [1.54, 1.807) is 18.3 Å². The van der Waals surface area contributed by atoms with Crippen LogP contribution in [0.1, 0.15) is 12.8 Å². The summed E-state index contributed by atoms with van der Waals surface area (Å²) in [5.41, 5.74) is 1.41. The molecule has 0 atom stereocenters. The average molecular weight is 362 g/mol. The van der Waals surface area contributed by atoms with Crippen molar-refractivity contribution in [3.05, 3.63) is 36.7 Å². The fourth-order valence-corrected chi connectivity index (χ4v) is 4.56. The van der Waals surface area contributed by atoms with E-state index >= 15 is 0 Å². The highest BCUT2D eigenvalue weighted by Crippen LogP contribution is 2.30. The zero-order chi connectivity index (χ0) is 18.1. The molecule has 1 amide bonds. The van der Waals surface area contributed by atoms with Crippen molar-refractivity contribution in [2.24, 2.45) is 7.05 Å². The predicted molar refractivity (Wildman–Crippen MR) is 97.0 cm³/mol. The maximum Gasteiger partial charge on any atom is 0.245 e. The Hall–Kier alpha value is -2.19. The van der Waals surface area contributed by atoms with Crippen molar-refractivity contribution in [2.45, 2.75) is 17.6 Å². The van der Waals surface area contributed by atoms with E-state index in [4.69, 9.17) is 0 Å². The van der Waals surface area contributed by atoms with Crippen LogP contribution < -0.4 is 10.6 Å². The molecule has 0 saturated carbocycles. The molecule has 1 fully saturated rings. The number of nitrogens with zero attached hydrogens (tertiary/aromatic N) is 2. The second-order valence-corrected chi connectivity index (χ2v) is 8.74. The van der Waals surface area contributed by atoms with Crippen LogP contribution in [0.2, 0.25) is 0 Å². The van der Waals surface area contributed by atoms with Crippen LogP contribution in [-0.2, 0) is 21.7 Å². The minimum atomic E-state index is -3.54. The van der Waals surface area contributed by atoms with Gasteiger partial charge >= 0.3 is 0 Å². The molecule has 8 heteroatoms. The van der Waals surface area contributed by atoms with Crippen LogP contribution in [0, 0.1) is 0 Å². The predicted octanol–water partition coefficient (Wildman–Crippen LogP) is 1.19. The molecule has 2 aromatic rings. The molecule has 1 aromatic carbocycles. The number of hydrogen-bond donors (Lipinski definition) is 2. The summed E-state index contributed by atoms with van der Waals surface area (Å²) in [5, 5.41) is 5.91. The Bertz CT molecular complexity index is 883. The third-order valence-corrected chi connectivity index (χ3v) is 6.75. The summed E-state index contributed by atoms with van der Waals surface area (Å²) in [4.78, 5) is 17.2. The first-order valence-electron chi connectivity index (χ1n) is 8.13. The zero-order valence-electron chi connectivity index (χ0n) is 14.3. The highest BCUT2D eigenvalue weighted by Gasteiger charge is 2.48. The molecule has 2 N–H and O–H groups in total. The van der Waals surface area contributed by atoms with Gasteiger partial charge in [-0.15, -0.1) is 0 Å². The molecule has 25 heavy (non-hydrogen) atoms. The number of nitrogens with one attached hydrogen (secondary N) is 2. The van der Waals surface area contributed by atoms with E-state index in [9.17, 15) is 13.2 Å². The molecule has 1 aromatic heterocycles. The molecule has 3 rings (SSSR count). The lowest BCUT2D eigenvalue weighted by molar-refractivity contribution is -0.119. The van der Waals surface area contributed by atoms with Gasteiger partial charge in [0.25, 0.3) is 0 Å². The number of carbonyl (C=O) groups is 1. The minimum absolute atomic E-state index is 0.275. The summed E-state index contributed by atoms with van der Waals surface area (Å²) >= 11 is 0. The number of sulfone groups is 1. The van der Waals surface area contributed by atoms with Crippen molar-refractivity contribution >= 4 is 21.4 Å². The summed E-state index contributed by atoms with van der Waals surface area (Å²) in [6, 6.07) is 7.27. The maximum atomic E-state index is 12.9. The molecule has 2 heterocycles. The van der Waals surface area contributed by atoms with Crippen molar-refractivity contribution in [3.8, 4) is 11.4 Å². The number of imidazole rings is 1. The van der Waals surface area contributed by atoms with Gasteiger partial charge in [-0.3, -0.25) is 4.79 Å². The van der Waals surface area contributed by atoms with Crippen LogP contribution in [0.15, 0.2) is 36.7 Å². The lowest BCUT2D eigenvalue weighted by Gasteiger charge is -2.34. The van der Waals surface area contributed by atoms with Crippen LogP contribution in [0.3, 0.4) is 0 Å². The Morgan fingerprint density at radius 2 is 2.04 bits per heavy atom. The van der Waals surface area contributed by atoms with Crippen LogP contribution in [0.25, 0.3) is 11.4 Å². The number of piperidine rings is 1. The quantitative estimate of drug-likeness (QED) is 0.852. The molecule has 0 radical (unpaired) electrons. The van der Waals surface area contributed by atoms with E-state index in [0.717, 1.165) is 17.6 Å². The van der Waals surface area contributed by atoms with Gasteiger partial charge in [-0.2, -0.15) is 0 Å². The van der Waals surface area contributed by atoms with Gasteiger partial charge in [0.2, 0.25) is 5.91 Å². The Labute approximate surface area is 147 Å². The fraction of sp³-hybridized carbons (Fsp3) is 0.412. The lowest BCUT2D eigenvalue weighted by Crippen LogP contribution is -2.55. The van der Waals surface area contributed by atoms with Crippen LogP contribution in [0.5, 0.6) is 0 Å². The molecule has 0 spiro atoms. The van der Waals surface area contributed by atoms with Gasteiger partial charge in [0.15, 0.2) is 14.6 Å². The van der Waals surface area contributed by atoms with Crippen molar-refractivity contribution in [2.75, 3.05) is 24.7 Å². The molecular weight excluding hydrogens is 340 g/mol. The Balaban J connectivity index is 1.89. The molecule has 1 aliphatic rings. The van der Waals surface area contributed by atoms with E-state index in [1.165, 1.54) is 0 Å². The lowest BCUT2D eigenvalue weighted by atomic mass is 9.95. The first kappa shape index (κ1) is 17.6. The highest BCUT2D eigenvalue weighted by atomic mass is 32.2. The Morgan fingerprint density at radius 1 is 1.32 bits per heavy atom. The topological polar surface area (TPSA) is 93.1 Å². The Kier molecular flexibility index (Phi) is 4.66. The largest absolute Gasteiger partial charge is 0.334 e. The van der Waals surface area contributed by atoms with Gasteiger partial charge in [0.1, 0.15) is 5.82 Å². The van der Waals surface area contributed by atoms with Crippen molar-refractivity contribution < 1.29 is 13.2 Å². The molecule has 1 saturated heterocycles. The first-order valence-corrected chi connectivity index (χ1v) is 10.0. The number of carbonyl (C=O) groups excluding carboxylic acids is 1. The van der Waals surface area contributed by atoms with Gasteiger partial charge in [-0.05, 0) is 38.1 Å². The van der Waals surface area contributed by atoms with Crippen molar-refractivity contribution in [1.82, 2.24) is 14.9 Å². The van der Waals surface area contributed by atoms with Crippen molar-refractivity contribution in [3.63, 3.8) is 0 Å². The van der Waals surface area contributed by atoms with Gasteiger partial charge in [-0.1, -0.05) is 12.1 Å². The van der Waals surface area contributed by atoms with Gasteiger partial charge in [-0.25, -0.2) is 13.4 Å². The number of hydrogen-bond acceptors (Lipinski definition) is 5. The molecular formula is C17H22N4O3S. The van der Waals surface area contributed by atoms with E-state index < -0.39 is 20.5 Å². The average Bonchev–Trinajstić information content (AvgIpc) is 3.01. The maximum absolute atomic E-state index is 12.9. The summed E-state index contributed by atoms with van der Waals surface area (Å²) in [5.74, 6) is 0.310. The number of amides is 1. The van der Waals surface area contributed by atoms with E-state index in [2.05, 4.69) is 15.6 Å². The molecule has 1 aliphatic heterocycles. The Morgan fingerprint density at radius 3 is 2.64 bits per heavy atom. The van der Waals surface area contributed by atoms with Crippen LogP contribution in [-0.4, -0.2) is 48.0 Å². The molecule has 0 bridgehead atoms. The zero-order valence-corrected chi connectivity index (χ0v) is 15.1. The number of rotatable bonds is 4. The van der Waals surface area contributed by atoms with Gasteiger partial charge < -0.3 is 15.2 Å². The molecule has 7 nitrogen and oxygen atoms in total. The summed E-state index contributed by atoms with van der Waals surface area (Å²) < 4.78 is 25.2. The van der Waals surface area contributed by atoms with E-state index in [0.29, 0.717) is 18.8 Å². The smallest absolute Gasteiger partial charge is 0.245 e. The summed E-state index contributed by atoms with van der Waals surface area (Å²) in [6.45, 7) is 1.02. The SMILES string of the molecule is Cn1ccnc1-c1cccc(NC(=O)C2(S(C)(=O)=O)CCNCC2)c1. The highest BCUT2D eigenvalue weighted by molar-refractivity contribution is 7.92. The monoisotopic (exact) mass is 362 g/mol. The van der Waals surface area contributed by atoms with E-state index in [1.807, 2.05) is 29.9 Å². The number of aromatic nitrogens is 2. The number of anilines is 1. The fourth-order valence-electron chi connectivity index (χ4n) is 3.22.